The Bertz CT molecular complexity index is 779. The number of halogens is 1. The molecule has 154 valence electrons. The maximum absolute atomic E-state index is 12.6. The molecule has 0 bridgehead atoms. The Morgan fingerprint density at radius 3 is 2.54 bits per heavy atom. The summed E-state index contributed by atoms with van der Waals surface area (Å²) in [6.45, 7) is 10.6. The van der Waals surface area contributed by atoms with E-state index in [0.29, 0.717) is 10.9 Å². The van der Waals surface area contributed by atoms with Crippen molar-refractivity contribution in [1.82, 2.24) is 10.2 Å². The van der Waals surface area contributed by atoms with Crippen molar-refractivity contribution in [3.8, 4) is 0 Å². The minimum Gasteiger partial charge on any atom is -0.481 e. The average molecular weight is 425 g/mol. The number of rotatable bonds is 8. The van der Waals surface area contributed by atoms with Crippen LogP contribution in [0.25, 0.3) is 0 Å². The number of carboxylic acids is 1. The predicted octanol–water partition coefficient (Wildman–Crippen LogP) is 5.34. The van der Waals surface area contributed by atoms with Crippen LogP contribution >= 0.6 is 23.4 Å². The molecule has 1 aliphatic rings. The van der Waals surface area contributed by atoms with Crippen molar-refractivity contribution in [2.45, 2.75) is 51.5 Å². The summed E-state index contributed by atoms with van der Waals surface area (Å²) in [5.41, 5.74) is 1.23. The first kappa shape index (κ1) is 22.6. The molecule has 2 rings (SSSR count). The van der Waals surface area contributed by atoms with Gasteiger partial charge in [0.05, 0.1) is 17.0 Å². The Morgan fingerprint density at radius 2 is 2.00 bits per heavy atom. The number of aliphatic carboxylic acids is 1. The van der Waals surface area contributed by atoms with Gasteiger partial charge in [0.15, 0.2) is 0 Å². The molecule has 5 nitrogen and oxygen atoms in total. The summed E-state index contributed by atoms with van der Waals surface area (Å²) in [6, 6.07) is 5.64. The molecule has 7 heteroatoms. The Morgan fingerprint density at radius 1 is 1.32 bits per heavy atom. The molecule has 0 saturated heterocycles. The number of hydrogen-bond donors (Lipinski definition) is 2. The molecule has 0 aliphatic carbocycles. The summed E-state index contributed by atoms with van der Waals surface area (Å²) >= 11 is 8.27. The summed E-state index contributed by atoms with van der Waals surface area (Å²) in [5, 5.41) is 12.7. The number of benzene rings is 1. The summed E-state index contributed by atoms with van der Waals surface area (Å²) in [6.07, 6.45) is 1.70. The highest BCUT2D eigenvalue weighted by Crippen LogP contribution is 2.39. The van der Waals surface area contributed by atoms with Gasteiger partial charge in [0.2, 0.25) is 0 Å². The molecule has 0 saturated carbocycles. The number of amides is 2. The Labute approximate surface area is 176 Å². The smallest absolute Gasteiger partial charge is 0.322 e. The van der Waals surface area contributed by atoms with Gasteiger partial charge in [-0.25, -0.2) is 4.79 Å². The molecule has 1 aromatic carbocycles. The van der Waals surface area contributed by atoms with Crippen LogP contribution in [0.2, 0.25) is 5.02 Å². The molecular formula is C21H29ClN2O3S. The third kappa shape index (κ3) is 5.23. The monoisotopic (exact) mass is 424 g/mol. The molecule has 2 N–H and O–H groups in total. The maximum Gasteiger partial charge on any atom is 0.322 e. The maximum atomic E-state index is 12.6. The zero-order valence-electron chi connectivity index (χ0n) is 17.1. The van der Waals surface area contributed by atoms with Crippen molar-refractivity contribution >= 4 is 35.4 Å². The molecule has 1 aromatic rings. The minimum atomic E-state index is -0.929. The van der Waals surface area contributed by atoms with Gasteiger partial charge in [0, 0.05) is 23.4 Å². The van der Waals surface area contributed by atoms with E-state index in [1.807, 2.05) is 25.1 Å². The number of nitrogens with one attached hydrogen (secondary N) is 1. The molecule has 0 aromatic heterocycles. The van der Waals surface area contributed by atoms with Crippen molar-refractivity contribution in [2.75, 3.05) is 12.3 Å². The average Bonchev–Trinajstić information content (AvgIpc) is 2.59. The third-order valence-electron chi connectivity index (χ3n) is 4.76. The first-order chi connectivity index (χ1) is 13.0. The van der Waals surface area contributed by atoms with Gasteiger partial charge >= 0.3 is 12.0 Å². The van der Waals surface area contributed by atoms with E-state index in [1.54, 1.807) is 18.0 Å². The molecule has 28 heavy (non-hydrogen) atoms. The van der Waals surface area contributed by atoms with Crippen LogP contribution in [0.4, 0.5) is 4.79 Å². The van der Waals surface area contributed by atoms with Gasteiger partial charge in [-0.3, -0.25) is 4.79 Å². The second-order valence-electron chi connectivity index (χ2n) is 7.98. The van der Waals surface area contributed by atoms with Crippen LogP contribution in [0.15, 0.2) is 34.9 Å². The lowest BCUT2D eigenvalue weighted by Gasteiger charge is -2.42. The number of carboxylic acid groups (broad SMARTS) is 1. The van der Waals surface area contributed by atoms with Gasteiger partial charge in [-0.1, -0.05) is 45.4 Å². The highest BCUT2D eigenvalue weighted by molar-refractivity contribution is 7.99. The van der Waals surface area contributed by atoms with Gasteiger partial charge in [-0.15, -0.1) is 11.8 Å². The minimum absolute atomic E-state index is 0.0976. The SMILES string of the molecule is CC(C)CSc1ccc([C@]2(C)NC(=O)N(CCC(=O)O)C=C2C(C)C)cc1Cl. The van der Waals surface area contributed by atoms with Crippen molar-refractivity contribution in [3.05, 3.63) is 40.6 Å². The zero-order valence-corrected chi connectivity index (χ0v) is 18.7. The fraction of sp³-hybridized carbons (Fsp3) is 0.524. The van der Waals surface area contributed by atoms with E-state index < -0.39 is 11.5 Å². The molecule has 0 radical (unpaired) electrons. The predicted molar refractivity (Wildman–Crippen MR) is 115 cm³/mol. The number of thioether (sulfide) groups is 1. The summed E-state index contributed by atoms with van der Waals surface area (Å²) in [4.78, 5) is 26.0. The van der Waals surface area contributed by atoms with Crippen LogP contribution in [0.5, 0.6) is 0 Å². The molecule has 0 spiro atoms. The van der Waals surface area contributed by atoms with Crippen LogP contribution in [-0.4, -0.2) is 34.3 Å². The zero-order chi connectivity index (χ0) is 21.1. The van der Waals surface area contributed by atoms with Crippen LogP contribution < -0.4 is 5.32 Å². The molecule has 2 amide bonds. The van der Waals surface area contributed by atoms with Crippen LogP contribution in [-0.2, 0) is 10.3 Å². The molecule has 0 unspecified atom stereocenters. The second-order valence-corrected chi connectivity index (χ2v) is 9.45. The highest BCUT2D eigenvalue weighted by Gasteiger charge is 2.39. The topological polar surface area (TPSA) is 69.6 Å². The van der Waals surface area contributed by atoms with E-state index in [9.17, 15) is 9.59 Å². The van der Waals surface area contributed by atoms with Crippen molar-refractivity contribution in [1.29, 1.82) is 0 Å². The van der Waals surface area contributed by atoms with Gasteiger partial charge in [0.1, 0.15) is 0 Å². The lowest BCUT2D eigenvalue weighted by atomic mass is 9.78. The quantitative estimate of drug-likeness (QED) is 0.552. The molecule has 1 heterocycles. The Hall–Kier alpha value is -1.66. The van der Waals surface area contributed by atoms with E-state index in [4.69, 9.17) is 16.7 Å². The fourth-order valence-electron chi connectivity index (χ4n) is 3.25. The van der Waals surface area contributed by atoms with Crippen LogP contribution in [0.1, 0.15) is 46.6 Å². The van der Waals surface area contributed by atoms with Crippen molar-refractivity contribution < 1.29 is 14.7 Å². The van der Waals surface area contributed by atoms with Crippen LogP contribution in [0, 0.1) is 11.8 Å². The second kappa shape index (κ2) is 9.23. The van der Waals surface area contributed by atoms with E-state index in [2.05, 4.69) is 33.0 Å². The fourth-order valence-corrected chi connectivity index (χ4v) is 4.46. The van der Waals surface area contributed by atoms with E-state index in [1.165, 1.54) is 4.90 Å². The normalized spacial score (nSPS) is 19.8. The molecular weight excluding hydrogens is 396 g/mol. The van der Waals surface area contributed by atoms with Crippen molar-refractivity contribution in [2.24, 2.45) is 11.8 Å². The summed E-state index contributed by atoms with van der Waals surface area (Å²) in [7, 11) is 0. The van der Waals surface area contributed by atoms with Gasteiger partial charge in [0.25, 0.3) is 0 Å². The lowest BCUT2D eigenvalue weighted by molar-refractivity contribution is -0.137. The standard InChI is InChI=1S/C21H29ClN2O3S/c1-13(2)12-28-18-7-6-15(10-17(18)22)21(5)16(14(3)4)11-24(20(27)23-21)9-8-19(25)26/h6-7,10-11,13-14H,8-9,12H2,1-5H3,(H,23,27)(H,25,26)/t21-/m0/s1. The van der Waals surface area contributed by atoms with Crippen LogP contribution in [0.3, 0.4) is 0 Å². The van der Waals surface area contributed by atoms with Gasteiger partial charge < -0.3 is 15.3 Å². The van der Waals surface area contributed by atoms with E-state index in [-0.39, 0.29) is 24.9 Å². The van der Waals surface area contributed by atoms with Gasteiger partial charge in [-0.05, 0) is 42.0 Å². The Kier molecular flexibility index (Phi) is 7.46. The number of carbonyl (C=O) groups excluding carboxylic acids is 1. The number of urea groups is 1. The molecule has 1 atom stereocenters. The van der Waals surface area contributed by atoms with Gasteiger partial charge in [-0.2, -0.15) is 0 Å². The van der Waals surface area contributed by atoms with E-state index >= 15 is 0 Å². The largest absolute Gasteiger partial charge is 0.481 e. The van der Waals surface area contributed by atoms with E-state index in [0.717, 1.165) is 21.8 Å². The lowest BCUT2D eigenvalue weighted by Crippen LogP contribution is -2.54. The number of carbonyl (C=O) groups is 2. The molecule has 1 aliphatic heterocycles. The highest BCUT2D eigenvalue weighted by atomic mass is 35.5. The first-order valence-corrected chi connectivity index (χ1v) is 10.9. The first-order valence-electron chi connectivity index (χ1n) is 9.50. The summed E-state index contributed by atoms with van der Waals surface area (Å²) < 4.78 is 0. The van der Waals surface area contributed by atoms with Crippen molar-refractivity contribution in [3.63, 3.8) is 0 Å². The number of hydrogen-bond acceptors (Lipinski definition) is 3. The Balaban J connectivity index is 2.36. The third-order valence-corrected chi connectivity index (χ3v) is 6.69. The molecule has 0 fully saturated rings. The number of nitrogens with zero attached hydrogens (tertiary/aromatic N) is 1. The summed E-state index contributed by atoms with van der Waals surface area (Å²) in [5.74, 6) is 0.791.